The molecule has 1 N–H and O–H groups in total. The summed E-state index contributed by atoms with van der Waals surface area (Å²) in [6, 6.07) is 11.7. The molecule has 1 unspecified atom stereocenters. The highest BCUT2D eigenvalue weighted by Crippen LogP contribution is 2.41. The molecule has 152 valence electrons. The Morgan fingerprint density at radius 1 is 1.17 bits per heavy atom. The summed E-state index contributed by atoms with van der Waals surface area (Å²) in [4.78, 5) is 19.6. The predicted octanol–water partition coefficient (Wildman–Crippen LogP) is 4.87. The Hall–Kier alpha value is -1.95. The van der Waals surface area contributed by atoms with Gasteiger partial charge in [0.2, 0.25) is 5.91 Å². The van der Waals surface area contributed by atoms with Gasteiger partial charge in [-0.25, -0.2) is 0 Å². The molecule has 0 radical (unpaired) electrons. The lowest BCUT2D eigenvalue weighted by Crippen LogP contribution is -2.53. The molecule has 8 heteroatoms. The smallest absolute Gasteiger partial charge is 0.226 e. The van der Waals surface area contributed by atoms with Crippen LogP contribution in [0, 0.1) is 5.92 Å². The number of oxime groups is 1. The van der Waals surface area contributed by atoms with E-state index in [1.165, 1.54) is 0 Å². The van der Waals surface area contributed by atoms with E-state index in [4.69, 9.17) is 39.6 Å². The van der Waals surface area contributed by atoms with Crippen molar-refractivity contribution in [1.82, 2.24) is 5.32 Å². The number of hydrogen-bond acceptors (Lipinski definition) is 4. The van der Waals surface area contributed by atoms with Crippen LogP contribution in [0.25, 0.3) is 0 Å². The lowest BCUT2D eigenvalue weighted by atomic mass is 9.89. The van der Waals surface area contributed by atoms with Gasteiger partial charge in [0.15, 0.2) is 5.60 Å². The summed E-state index contributed by atoms with van der Waals surface area (Å²) in [6.45, 7) is 3.42. The van der Waals surface area contributed by atoms with Gasteiger partial charge in [-0.15, -0.1) is 0 Å². The number of nitrogens with zero attached hydrogens (tertiary/aromatic N) is 2. The number of anilines is 1. The quantitative estimate of drug-likeness (QED) is 0.673. The van der Waals surface area contributed by atoms with Gasteiger partial charge in [-0.2, -0.15) is 0 Å². The molecular formula is C21H20Cl3N3O2. The first kappa shape index (κ1) is 20.3. The summed E-state index contributed by atoms with van der Waals surface area (Å²) >= 11 is 18.4. The number of carbonyl (C=O) groups excluding carboxylic acids is 1. The molecule has 0 spiro atoms. The molecule has 1 atom stereocenters. The van der Waals surface area contributed by atoms with Crippen molar-refractivity contribution in [3.63, 3.8) is 0 Å². The van der Waals surface area contributed by atoms with Gasteiger partial charge in [-0.3, -0.25) is 4.79 Å². The van der Waals surface area contributed by atoms with Crippen LogP contribution in [0.2, 0.25) is 15.1 Å². The molecule has 2 aliphatic rings. The zero-order chi connectivity index (χ0) is 20.8. The predicted molar refractivity (Wildman–Crippen MR) is 117 cm³/mol. The lowest BCUT2D eigenvalue weighted by molar-refractivity contribution is -0.125. The maximum absolute atomic E-state index is 11.6. The van der Waals surface area contributed by atoms with Crippen molar-refractivity contribution in [2.24, 2.45) is 11.1 Å². The van der Waals surface area contributed by atoms with E-state index in [1.54, 1.807) is 19.2 Å². The Balaban J connectivity index is 1.45. The van der Waals surface area contributed by atoms with Crippen molar-refractivity contribution in [3.05, 3.63) is 62.6 Å². The normalized spacial score (nSPS) is 21.4. The van der Waals surface area contributed by atoms with Crippen LogP contribution >= 0.6 is 34.8 Å². The van der Waals surface area contributed by atoms with E-state index in [1.807, 2.05) is 31.2 Å². The molecule has 29 heavy (non-hydrogen) atoms. The largest absolute Gasteiger partial charge is 0.384 e. The summed E-state index contributed by atoms with van der Waals surface area (Å²) < 4.78 is 0. The molecule has 1 amide bonds. The second-order valence-corrected chi connectivity index (χ2v) is 8.75. The molecule has 0 saturated carbocycles. The van der Waals surface area contributed by atoms with E-state index < -0.39 is 5.60 Å². The van der Waals surface area contributed by atoms with Crippen LogP contribution in [0.15, 0.2) is 41.6 Å². The van der Waals surface area contributed by atoms with Crippen LogP contribution in [-0.2, 0) is 15.2 Å². The van der Waals surface area contributed by atoms with Crippen LogP contribution < -0.4 is 10.2 Å². The van der Waals surface area contributed by atoms with Crippen molar-refractivity contribution in [2.45, 2.75) is 18.9 Å². The molecule has 0 aromatic heterocycles. The van der Waals surface area contributed by atoms with E-state index in [-0.39, 0.29) is 11.8 Å². The van der Waals surface area contributed by atoms with Gasteiger partial charge in [0.25, 0.3) is 0 Å². The van der Waals surface area contributed by atoms with E-state index in [2.05, 4.69) is 15.4 Å². The third kappa shape index (κ3) is 3.79. The highest BCUT2D eigenvalue weighted by Gasteiger charge is 2.38. The Morgan fingerprint density at radius 2 is 1.79 bits per heavy atom. The number of benzene rings is 2. The van der Waals surface area contributed by atoms with E-state index in [0.29, 0.717) is 21.5 Å². The summed E-state index contributed by atoms with van der Waals surface area (Å²) in [7, 11) is 1.67. The molecule has 2 aliphatic heterocycles. The minimum absolute atomic E-state index is 0.0611. The fraction of sp³-hybridized carbons (Fsp3) is 0.333. The van der Waals surface area contributed by atoms with Crippen molar-refractivity contribution in [1.29, 1.82) is 0 Å². The summed E-state index contributed by atoms with van der Waals surface area (Å²) in [5, 5.41) is 8.11. The number of carbonyl (C=O) groups is 1. The Morgan fingerprint density at radius 3 is 2.38 bits per heavy atom. The minimum atomic E-state index is -0.663. The first-order valence-corrected chi connectivity index (χ1v) is 10.4. The van der Waals surface area contributed by atoms with Gasteiger partial charge in [0.05, 0.1) is 26.7 Å². The highest BCUT2D eigenvalue weighted by molar-refractivity contribution is 6.48. The van der Waals surface area contributed by atoms with E-state index in [9.17, 15) is 4.79 Å². The fourth-order valence-electron chi connectivity index (χ4n) is 3.63. The molecule has 1 saturated heterocycles. The first-order valence-electron chi connectivity index (χ1n) is 9.28. The Kier molecular flexibility index (Phi) is 5.40. The summed E-state index contributed by atoms with van der Waals surface area (Å²) in [6.07, 6.45) is 0.586. The SMILES string of the molecule is CNC(=O)C1CN(c2ccc(C3=NOC(C)(c4cc(Cl)c(Cl)c(Cl)c4)C3)cc2)C1. The third-order valence-corrected chi connectivity index (χ3v) is 6.72. The molecule has 2 aromatic rings. The van der Waals surface area contributed by atoms with Gasteiger partial charge < -0.3 is 15.1 Å². The van der Waals surface area contributed by atoms with Crippen LogP contribution in [0.1, 0.15) is 24.5 Å². The van der Waals surface area contributed by atoms with Gasteiger partial charge in [-0.1, -0.05) is 52.1 Å². The number of halogens is 3. The number of nitrogens with one attached hydrogen (secondary N) is 1. The van der Waals surface area contributed by atoms with Gasteiger partial charge in [-0.05, 0) is 36.8 Å². The zero-order valence-corrected chi connectivity index (χ0v) is 18.3. The second kappa shape index (κ2) is 7.71. The topological polar surface area (TPSA) is 53.9 Å². The lowest BCUT2D eigenvalue weighted by Gasteiger charge is -2.39. The molecule has 0 bridgehead atoms. The first-order chi connectivity index (χ1) is 13.8. The fourth-order valence-corrected chi connectivity index (χ4v) is 4.23. The van der Waals surface area contributed by atoms with Crippen molar-refractivity contribution >= 4 is 52.1 Å². The monoisotopic (exact) mass is 451 g/mol. The third-order valence-electron chi connectivity index (χ3n) is 5.52. The van der Waals surface area contributed by atoms with Crippen LogP contribution in [0.3, 0.4) is 0 Å². The van der Waals surface area contributed by atoms with Crippen molar-refractivity contribution < 1.29 is 9.63 Å². The average molecular weight is 453 g/mol. The highest BCUT2D eigenvalue weighted by atomic mass is 35.5. The summed E-state index contributed by atoms with van der Waals surface area (Å²) in [5.74, 6) is 0.156. The standard InChI is InChI=1S/C21H20Cl3N3O2/c1-21(14-7-16(22)19(24)17(23)8-14)9-18(26-29-21)12-3-5-15(6-4-12)27-10-13(11-27)20(28)25-2/h3-8,13H,9-11H2,1-2H3,(H,25,28). The zero-order valence-electron chi connectivity index (χ0n) is 16.0. The minimum Gasteiger partial charge on any atom is -0.384 e. The van der Waals surface area contributed by atoms with E-state index in [0.717, 1.165) is 35.6 Å². The Bertz CT molecular complexity index is 964. The van der Waals surface area contributed by atoms with Crippen molar-refractivity contribution in [2.75, 3.05) is 25.0 Å². The summed E-state index contributed by atoms with van der Waals surface area (Å²) in [5.41, 5.74) is 3.10. The molecule has 1 fully saturated rings. The number of rotatable bonds is 4. The molecular weight excluding hydrogens is 433 g/mol. The van der Waals surface area contributed by atoms with Crippen LogP contribution in [0.4, 0.5) is 5.69 Å². The van der Waals surface area contributed by atoms with Gasteiger partial charge >= 0.3 is 0 Å². The maximum atomic E-state index is 11.6. The molecule has 2 heterocycles. The van der Waals surface area contributed by atoms with Gasteiger partial charge in [0.1, 0.15) is 0 Å². The second-order valence-electron chi connectivity index (χ2n) is 7.55. The molecule has 2 aromatic carbocycles. The molecule has 5 nitrogen and oxygen atoms in total. The molecule has 0 aliphatic carbocycles. The Labute approximate surface area is 184 Å². The maximum Gasteiger partial charge on any atom is 0.226 e. The average Bonchev–Trinajstić information content (AvgIpc) is 3.08. The number of hydrogen-bond donors (Lipinski definition) is 1. The van der Waals surface area contributed by atoms with Crippen LogP contribution in [-0.4, -0.2) is 31.8 Å². The van der Waals surface area contributed by atoms with Crippen LogP contribution in [0.5, 0.6) is 0 Å². The van der Waals surface area contributed by atoms with Crippen molar-refractivity contribution in [3.8, 4) is 0 Å². The van der Waals surface area contributed by atoms with Gasteiger partial charge in [0, 0.05) is 37.8 Å². The van der Waals surface area contributed by atoms with E-state index >= 15 is 0 Å². The number of amides is 1. The molecule has 4 rings (SSSR count).